The number of hydrogen-bond donors (Lipinski definition) is 2. The van der Waals surface area contributed by atoms with Gasteiger partial charge in [0.2, 0.25) is 0 Å². The van der Waals surface area contributed by atoms with Crippen LogP contribution in [0.2, 0.25) is 0 Å². The number of nitrogens with zero attached hydrogens (tertiary/aromatic N) is 1. The van der Waals surface area contributed by atoms with Gasteiger partial charge in [-0.2, -0.15) is 0 Å². The van der Waals surface area contributed by atoms with Gasteiger partial charge in [-0.15, -0.1) is 0 Å². The Morgan fingerprint density at radius 3 is 2.58 bits per heavy atom. The summed E-state index contributed by atoms with van der Waals surface area (Å²) < 4.78 is 29.9. The van der Waals surface area contributed by atoms with E-state index in [-0.39, 0.29) is 24.4 Å². The molecule has 0 saturated carbocycles. The topological polar surface area (TPSA) is 78.1 Å². The van der Waals surface area contributed by atoms with E-state index in [1.54, 1.807) is 50.6 Å². The average molecular weight is 361 g/mol. The Kier molecular flexibility index (Phi) is 7.08. The minimum Gasteiger partial charge on any atom is -0.497 e. The number of guanidine groups is 1. The van der Waals surface area contributed by atoms with Gasteiger partial charge in [-0.05, 0) is 30.7 Å². The third kappa shape index (κ3) is 5.27. The van der Waals surface area contributed by atoms with Gasteiger partial charge in [-0.3, -0.25) is 0 Å². The van der Waals surface area contributed by atoms with Crippen LogP contribution in [0.1, 0.15) is 13.3 Å². The van der Waals surface area contributed by atoms with Crippen LogP contribution >= 0.6 is 0 Å². The number of para-hydroxylation sites is 1. The third-order valence-electron chi connectivity index (χ3n) is 3.72. The van der Waals surface area contributed by atoms with Crippen molar-refractivity contribution in [1.82, 2.24) is 0 Å². The molecule has 2 aromatic carbocycles. The quantitative estimate of drug-likeness (QED) is 0.556. The highest BCUT2D eigenvalue weighted by molar-refractivity contribution is 5.94. The molecule has 140 valence electrons. The van der Waals surface area contributed by atoms with Gasteiger partial charge in [0, 0.05) is 6.07 Å². The van der Waals surface area contributed by atoms with Crippen LogP contribution in [-0.2, 0) is 0 Å². The normalized spacial score (nSPS) is 12.4. The zero-order chi connectivity index (χ0) is 18.9. The lowest BCUT2D eigenvalue weighted by Crippen LogP contribution is -2.27. The molecule has 0 aliphatic rings. The number of anilines is 1. The summed E-state index contributed by atoms with van der Waals surface area (Å²) in [6.07, 6.45) is 0.368. The molecule has 26 heavy (non-hydrogen) atoms. The van der Waals surface area contributed by atoms with Gasteiger partial charge in [0.1, 0.15) is 17.6 Å². The molecule has 0 fully saturated rings. The summed E-state index contributed by atoms with van der Waals surface area (Å²) in [7, 11) is 3.14. The fourth-order valence-corrected chi connectivity index (χ4v) is 2.26. The fourth-order valence-electron chi connectivity index (χ4n) is 2.26. The second-order valence-corrected chi connectivity index (χ2v) is 5.50. The Labute approximate surface area is 152 Å². The largest absolute Gasteiger partial charge is 0.497 e. The van der Waals surface area contributed by atoms with Gasteiger partial charge in [0.25, 0.3) is 0 Å². The highest BCUT2D eigenvalue weighted by Crippen LogP contribution is 2.28. The summed E-state index contributed by atoms with van der Waals surface area (Å²) in [4.78, 5) is 4.29. The molecular weight excluding hydrogens is 337 g/mol. The van der Waals surface area contributed by atoms with E-state index in [9.17, 15) is 4.39 Å². The number of nitrogens with two attached hydrogens (primary N) is 1. The van der Waals surface area contributed by atoms with E-state index in [4.69, 9.17) is 19.9 Å². The number of ether oxygens (including phenoxy) is 3. The third-order valence-corrected chi connectivity index (χ3v) is 3.72. The van der Waals surface area contributed by atoms with Crippen molar-refractivity contribution < 1.29 is 18.6 Å². The van der Waals surface area contributed by atoms with Crippen LogP contribution in [0.5, 0.6) is 17.2 Å². The molecule has 2 rings (SSSR count). The molecule has 0 radical (unpaired) electrons. The smallest absolute Gasteiger partial charge is 0.193 e. The number of nitrogens with one attached hydrogen (secondary N) is 1. The van der Waals surface area contributed by atoms with Gasteiger partial charge in [-0.1, -0.05) is 19.1 Å². The summed E-state index contributed by atoms with van der Waals surface area (Å²) in [5, 5.41) is 2.98. The Hall–Kier alpha value is -2.96. The summed E-state index contributed by atoms with van der Waals surface area (Å²) in [5.74, 6) is 1.28. The highest BCUT2D eigenvalue weighted by atomic mass is 19.1. The van der Waals surface area contributed by atoms with E-state index in [0.29, 0.717) is 23.6 Å². The SMILES string of the molecule is CCC(CN=C(N)Nc1cc(OC)ccc1OC)Oc1ccccc1F. The maximum atomic E-state index is 13.7. The molecule has 0 aliphatic heterocycles. The monoisotopic (exact) mass is 361 g/mol. The molecule has 0 bridgehead atoms. The lowest BCUT2D eigenvalue weighted by Gasteiger charge is -2.17. The first-order chi connectivity index (χ1) is 12.6. The fraction of sp³-hybridized carbons (Fsp3) is 0.316. The first-order valence-electron chi connectivity index (χ1n) is 8.27. The standard InChI is InChI=1S/C19H24FN3O3/c1-4-13(26-17-8-6-5-7-15(17)20)12-22-19(21)23-16-11-14(24-2)9-10-18(16)25-3/h5-11,13H,4,12H2,1-3H3,(H3,21,22,23). The number of halogens is 1. The molecule has 3 N–H and O–H groups in total. The van der Waals surface area contributed by atoms with Gasteiger partial charge >= 0.3 is 0 Å². The van der Waals surface area contributed by atoms with E-state index in [2.05, 4.69) is 10.3 Å². The predicted molar refractivity (Wildman–Crippen MR) is 101 cm³/mol. The van der Waals surface area contributed by atoms with Crippen LogP contribution in [0.15, 0.2) is 47.5 Å². The molecule has 0 heterocycles. The minimum absolute atomic E-state index is 0.201. The maximum absolute atomic E-state index is 13.7. The van der Waals surface area contributed by atoms with E-state index in [0.717, 1.165) is 0 Å². The molecule has 6 nitrogen and oxygen atoms in total. The van der Waals surface area contributed by atoms with Crippen molar-refractivity contribution >= 4 is 11.6 Å². The first kappa shape index (κ1) is 19.4. The van der Waals surface area contributed by atoms with Crippen LogP contribution in [0.3, 0.4) is 0 Å². The van der Waals surface area contributed by atoms with Crippen molar-refractivity contribution in [2.75, 3.05) is 26.1 Å². The van der Waals surface area contributed by atoms with Crippen molar-refractivity contribution in [2.45, 2.75) is 19.4 Å². The Balaban J connectivity index is 2.03. The molecule has 1 unspecified atom stereocenters. The van der Waals surface area contributed by atoms with E-state index >= 15 is 0 Å². The molecule has 0 amide bonds. The van der Waals surface area contributed by atoms with Crippen molar-refractivity contribution in [3.8, 4) is 17.2 Å². The molecule has 0 aromatic heterocycles. The summed E-state index contributed by atoms with van der Waals surface area (Å²) in [6, 6.07) is 11.6. The molecule has 2 aromatic rings. The van der Waals surface area contributed by atoms with Crippen LogP contribution in [0.4, 0.5) is 10.1 Å². The zero-order valence-corrected chi connectivity index (χ0v) is 15.2. The lowest BCUT2D eigenvalue weighted by molar-refractivity contribution is 0.197. The predicted octanol–water partition coefficient (Wildman–Crippen LogP) is 3.43. The van der Waals surface area contributed by atoms with Crippen molar-refractivity contribution in [2.24, 2.45) is 10.7 Å². The van der Waals surface area contributed by atoms with Gasteiger partial charge < -0.3 is 25.3 Å². The van der Waals surface area contributed by atoms with E-state index < -0.39 is 5.82 Å². The summed E-state index contributed by atoms with van der Waals surface area (Å²) in [6.45, 7) is 2.23. The Morgan fingerprint density at radius 2 is 1.92 bits per heavy atom. The minimum atomic E-state index is -0.401. The second-order valence-electron chi connectivity index (χ2n) is 5.50. The zero-order valence-electron chi connectivity index (χ0n) is 15.2. The van der Waals surface area contributed by atoms with E-state index in [1.165, 1.54) is 6.07 Å². The number of hydrogen-bond acceptors (Lipinski definition) is 4. The number of benzene rings is 2. The first-order valence-corrected chi connectivity index (χ1v) is 8.27. The number of methoxy groups -OCH3 is 2. The van der Waals surface area contributed by atoms with Crippen LogP contribution < -0.4 is 25.3 Å². The van der Waals surface area contributed by atoms with Gasteiger partial charge in [0.05, 0.1) is 26.5 Å². The molecule has 0 spiro atoms. The molecule has 0 saturated heterocycles. The van der Waals surface area contributed by atoms with Crippen molar-refractivity contribution in [3.63, 3.8) is 0 Å². The maximum Gasteiger partial charge on any atom is 0.193 e. The molecular formula is C19H24FN3O3. The molecule has 1 atom stereocenters. The Morgan fingerprint density at radius 1 is 1.15 bits per heavy atom. The van der Waals surface area contributed by atoms with Crippen molar-refractivity contribution in [1.29, 1.82) is 0 Å². The average Bonchev–Trinajstić information content (AvgIpc) is 2.66. The van der Waals surface area contributed by atoms with Crippen molar-refractivity contribution in [3.05, 3.63) is 48.3 Å². The van der Waals surface area contributed by atoms with Gasteiger partial charge in [-0.25, -0.2) is 9.38 Å². The van der Waals surface area contributed by atoms with Crippen LogP contribution in [0.25, 0.3) is 0 Å². The van der Waals surface area contributed by atoms with Gasteiger partial charge in [0.15, 0.2) is 17.5 Å². The number of aliphatic imine (C=N–C) groups is 1. The number of rotatable bonds is 8. The Bertz CT molecular complexity index is 753. The van der Waals surface area contributed by atoms with Crippen LogP contribution in [-0.4, -0.2) is 32.8 Å². The second kappa shape index (κ2) is 9.50. The highest BCUT2D eigenvalue weighted by Gasteiger charge is 2.11. The summed E-state index contributed by atoms with van der Waals surface area (Å²) >= 11 is 0. The summed E-state index contributed by atoms with van der Waals surface area (Å²) in [5.41, 5.74) is 6.60. The molecule has 0 aliphatic carbocycles. The van der Waals surface area contributed by atoms with Crippen LogP contribution in [0, 0.1) is 5.82 Å². The van der Waals surface area contributed by atoms with E-state index in [1.807, 2.05) is 6.92 Å². The molecule has 7 heteroatoms. The lowest BCUT2D eigenvalue weighted by atomic mass is 10.2.